The third-order valence-electron chi connectivity index (χ3n) is 3.92. The molecule has 128 valence electrons. The van der Waals surface area contributed by atoms with E-state index in [4.69, 9.17) is 4.42 Å². The zero-order chi connectivity index (χ0) is 17.8. The molecule has 1 unspecified atom stereocenters. The van der Waals surface area contributed by atoms with Gasteiger partial charge in [0.2, 0.25) is 5.09 Å². The van der Waals surface area contributed by atoms with Gasteiger partial charge in [0.25, 0.3) is 5.91 Å². The standard InChI is InChI=1S/C20H19NO3S/c1-14-8-10-17(11-9-14)25(23)20-18(12-13-24-20)19(22)21-15(2)16-6-4-3-5-7-16/h3-13,15H,1-2H3,(H,21,22)/t15-,25?/m1/s1. The minimum absolute atomic E-state index is 0.163. The molecule has 0 bridgehead atoms. The number of nitrogens with one attached hydrogen (secondary N) is 1. The summed E-state index contributed by atoms with van der Waals surface area (Å²) < 4.78 is 18.1. The first-order valence-electron chi connectivity index (χ1n) is 7.98. The molecule has 5 heteroatoms. The van der Waals surface area contributed by atoms with Gasteiger partial charge >= 0.3 is 0 Å². The van der Waals surface area contributed by atoms with Crippen molar-refractivity contribution in [3.05, 3.63) is 83.6 Å². The van der Waals surface area contributed by atoms with Crippen LogP contribution in [0.4, 0.5) is 0 Å². The lowest BCUT2D eigenvalue weighted by atomic mass is 10.1. The van der Waals surface area contributed by atoms with Gasteiger partial charge in [-0.2, -0.15) is 0 Å². The van der Waals surface area contributed by atoms with E-state index in [1.165, 1.54) is 6.26 Å². The Morgan fingerprint density at radius 1 is 1.04 bits per heavy atom. The molecule has 1 N–H and O–H groups in total. The second-order valence-corrected chi connectivity index (χ2v) is 7.19. The van der Waals surface area contributed by atoms with E-state index >= 15 is 0 Å². The van der Waals surface area contributed by atoms with Crippen molar-refractivity contribution >= 4 is 16.7 Å². The molecule has 25 heavy (non-hydrogen) atoms. The van der Waals surface area contributed by atoms with E-state index in [2.05, 4.69) is 5.32 Å². The van der Waals surface area contributed by atoms with Crippen LogP contribution in [0.5, 0.6) is 0 Å². The summed E-state index contributed by atoms with van der Waals surface area (Å²) in [6.07, 6.45) is 1.39. The van der Waals surface area contributed by atoms with Crippen LogP contribution in [0.3, 0.4) is 0 Å². The highest BCUT2D eigenvalue weighted by atomic mass is 32.2. The average Bonchev–Trinajstić information content (AvgIpc) is 3.12. The Hall–Kier alpha value is -2.66. The largest absolute Gasteiger partial charge is 0.454 e. The third-order valence-corrected chi connectivity index (χ3v) is 5.28. The van der Waals surface area contributed by atoms with Crippen LogP contribution in [-0.2, 0) is 10.8 Å². The van der Waals surface area contributed by atoms with Gasteiger partial charge in [-0.15, -0.1) is 0 Å². The van der Waals surface area contributed by atoms with Gasteiger partial charge in [-0.05, 0) is 37.6 Å². The van der Waals surface area contributed by atoms with Crippen LogP contribution in [0.25, 0.3) is 0 Å². The molecular formula is C20H19NO3S. The molecule has 0 spiro atoms. The first kappa shape index (κ1) is 17.2. The molecule has 3 aromatic rings. The number of rotatable bonds is 5. The van der Waals surface area contributed by atoms with Crippen LogP contribution < -0.4 is 5.32 Å². The zero-order valence-corrected chi connectivity index (χ0v) is 14.9. The van der Waals surface area contributed by atoms with Crippen LogP contribution in [0, 0.1) is 6.92 Å². The molecule has 4 nitrogen and oxygen atoms in total. The van der Waals surface area contributed by atoms with Crippen molar-refractivity contribution in [2.24, 2.45) is 0 Å². The van der Waals surface area contributed by atoms with Gasteiger partial charge in [-0.1, -0.05) is 48.0 Å². The first-order chi connectivity index (χ1) is 12.1. The highest BCUT2D eigenvalue weighted by molar-refractivity contribution is 7.85. The molecule has 2 atom stereocenters. The average molecular weight is 353 g/mol. The molecule has 2 aromatic carbocycles. The number of aryl methyl sites for hydroxylation is 1. The van der Waals surface area contributed by atoms with Gasteiger partial charge in [0.05, 0.1) is 17.9 Å². The van der Waals surface area contributed by atoms with Crippen molar-refractivity contribution in [2.75, 3.05) is 0 Å². The molecular weight excluding hydrogens is 334 g/mol. The molecule has 0 aliphatic carbocycles. The highest BCUT2D eigenvalue weighted by Gasteiger charge is 2.22. The third kappa shape index (κ3) is 3.88. The molecule has 0 radical (unpaired) electrons. The SMILES string of the molecule is Cc1ccc(S(=O)c2occc2C(=O)N[C@H](C)c2ccccc2)cc1. The summed E-state index contributed by atoms with van der Waals surface area (Å²) >= 11 is 0. The number of furan rings is 1. The maximum atomic E-state index is 12.7. The minimum atomic E-state index is -1.54. The van der Waals surface area contributed by atoms with E-state index in [1.54, 1.807) is 18.2 Å². The summed E-state index contributed by atoms with van der Waals surface area (Å²) in [5.74, 6) is -0.305. The van der Waals surface area contributed by atoms with Crippen molar-refractivity contribution in [2.45, 2.75) is 29.9 Å². The smallest absolute Gasteiger partial charge is 0.256 e. The summed E-state index contributed by atoms with van der Waals surface area (Å²) in [5.41, 5.74) is 2.37. The Labute approximate surface area is 149 Å². The van der Waals surface area contributed by atoms with Crippen molar-refractivity contribution in [1.82, 2.24) is 5.32 Å². The molecule has 0 saturated heterocycles. The summed E-state index contributed by atoms with van der Waals surface area (Å²) in [6.45, 7) is 3.87. The number of hydrogen-bond acceptors (Lipinski definition) is 3. The van der Waals surface area contributed by atoms with Crippen LogP contribution in [0.2, 0.25) is 0 Å². The van der Waals surface area contributed by atoms with Crippen LogP contribution in [0.1, 0.15) is 34.5 Å². The normalized spacial score (nSPS) is 13.2. The number of amides is 1. The van der Waals surface area contributed by atoms with Crippen molar-refractivity contribution < 1.29 is 13.4 Å². The molecule has 1 amide bonds. The fourth-order valence-electron chi connectivity index (χ4n) is 2.48. The van der Waals surface area contributed by atoms with E-state index in [0.717, 1.165) is 11.1 Å². The monoisotopic (exact) mass is 353 g/mol. The molecule has 1 heterocycles. The van der Waals surface area contributed by atoms with Gasteiger partial charge in [-0.25, -0.2) is 4.21 Å². The van der Waals surface area contributed by atoms with E-state index in [9.17, 15) is 9.00 Å². The summed E-state index contributed by atoms with van der Waals surface area (Å²) in [6, 6.07) is 18.4. The van der Waals surface area contributed by atoms with Crippen molar-refractivity contribution in [1.29, 1.82) is 0 Å². The van der Waals surface area contributed by atoms with Crippen LogP contribution >= 0.6 is 0 Å². The number of carbonyl (C=O) groups excluding carboxylic acids is 1. The number of carbonyl (C=O) groups is 1. The topological polar surface area (TPSA) is 59.3 Å². The van der Waals surface area contributed by atoms with Gasteiger partial charge in [0.1, 0.15) is 10.8 Å². The predicted molar refractivity (Wildman–Crippen MR) is 96.9 cm³/mol. The second kappa shape index (κ2) is 7.49. The Bertz CT molecular complexity index is 885. The molecule has 0 aliphatic heterocycles. The minimum Gasteiger partial charge on any atom is -0.454 e. The number of hydrogen-bond donors (Lipinski definition) is 1. The molecule has 0 aliphatic rings. The van der Waals surface area contributed by atoms with Gasteiger partial charge in [-0.3, -0.25) is 4.79 Å². The second-order valence-electron chi connectivity index (χ2n) is 5.81. The lowest BCUT2D eigenvalue weighted by Crippen LogP contribution is -2.27. The quantitative estimate of drug-likeness (QED) is 0.746. The van der Waals surface area contributed by atoms with E-state index in [0.29, 0.717) is 10.5 Å². The maximum absolute atomic E-state index is 12.7. The van der Waals surface area contributed by atoms with E-state index in [1.807, 2.05) is 56.3 Å². The molecule has 1 aromatic heterocycles. The summed E-state index contributed by atoms with van der Waals surface area (Å²) in [5, 5.41) is 3.09. The predicted octanol–water partition coefficient (Wildman–Crippen LogP) is 4.25. The Morgan fingerprint density at radius 2 is 1.72 bits per heavy atom. The highest BCUT2D eigenvalue weighted by Crippen LogP contribution is 2.23. The molecule has 0 fully saturated rings. The van der Waals surface area contributed by atoms with Gasteiger partial charge in [0, 0.05) is 4.90 Å². The summed E-state index contributed by atoms with van der Waals surface area (Å²) in [7, 11) is -1.54. The lowest BCUT2D eigenvalue weighted by molar-refractivity contribution is 0.0934. The van der Waals surface area contributed by atoms with Gasteiger partial charge < -0.3 is 9.73 Å². The van der Waals surface area contributed by atoms with Crippen molar-refractivity contribution in [3.63, 3.8) is 0 Å². The summed E-state index contributed by atoms with van der Waals surface area (Å²) in [4.78, 5) is 13.2. The number of benzene rings is 2. The molecule has 0 saturated carbocycles. The Balaban J connectivity index is 1.80. The molecule has 3 rings (SSSR count). The fourth-order valence-corrected chi connectivity index (χ4v) is 3.58. The fraction of sp³-hybridized carbons (Fsp3) is 0.150. The first-order valence-corrected chi connectivity index (χ1v) is 9.13. The Kier molecular flexibility index (Phi) is 5.14. The van der Waals surface area contributed by atoms with E-state index < -0.39 is 10.8 Å². The van der Waals surface area contributed by atoms with Crippen LogP contribution in [0.15, 0.2) is 81.3 Å². The van der Waals surface area contributed by atoms with E-state index in [-0.39, 0.29) is 17.0 Å². The zero-order valence-electron chi connectivity index (χ0n) is 14.1. The van der Waals surface area contributed by atoms with Crippen LogP contribution in [-0.4, -0.2) is 10.1 Å². The van der Waals surface area contributed by atoms with Gasteiger partial charge in [0.15, 0.2) is 0 Å². The Morgan fingerprint density at radius 3 is 2.40 bits per heavy atom. The maximum Gasteiger partial charge on any atom is 0.256 e. The lowest BCUT2D eigenvalue weighted by Gasteiger charge is -2.14. The van der Waals surface area contributed by atoms with Crippen molar-refractivity contribution in [3.8, 4) is 0 Å².